The fraction of sp³-hybridized carbons (Fsp3) is 0.350. The molecular formula is C20H22N2O6S. The van der Waals surface area contributed by atoms with Gasteiger partial charge in [0.25, 0.3) is 5.69 Å². The highest BCUT2D eigenvalue weighted by molar-refractivity contribution is 7.14. The summed E-state index contributed by atoms with van der Waals surface area (Å²) in [4.78, 5) is 47.9. The number of thiophene rings is 1. The number of ether oxygens (including phenoxy) is 1. The maximum Gasteiger partial charge on any atom is 0.338 e. The van der Waals surface area contributed by atoms with Crippen LogP contribution in [0.5, 0.6) is 0 Å². The molecule has 1 N–H and O–H groups in total. The lowest BCUT2D eigenvalue weighted by atomic mass is 9.96. The highest BCUT2D eigenvalue weighted by atomic mass is 32.1. The van der Waals surface area contributed by atoms with Gasteiger partial charge in [-0.2, -0.15) is 0 Å². The van der Waals surface area contributed by atoms with Crippen LogP contribution in [0.25, 0.3) is 0 Å². The second-order valence-corrected chi connectivity index (χ2v) is 8.62. The molecule has 0 spiro atoms. The lowest BCUT2D eigenvalue weighted by Gasteiger charge is -2.17. The van der Waals surface area contributed by atoms with E-state index in [1.807, 2.05) is 20.8 Å². The lowest BCUT2D eigenvalue weighted by molar-refractivity contribution is -0.385. The van der Waals surface area contributed by atoms with Gasteiger partial charge >= 0.3 is 5.97 Å². The van der Waals surface area contributed by atoms with Gasteiger partial charge in [-0.25, -0.2) is 4.79 Å². The number of rotatable bonds is 7. The average molecular weight is 418 g/mol. The summed E-state index contributed by atoms with van der Waals surface area (Å²) in [5.41, 5.74) is -0.264. The number of nitrogens with zero attached hydrogens (tertiary/aromatic N) is 1. The number of nitrogens with one attached hydrogen (secondary N) is 1. The van der Waals surface area contributed by atoms with Gasteiger partial charge in [0, 0.05) is 21.9 Å². The summed E-state index contributed by atoms with van der Waals surface area (Å²) in [5.74, 6) is -1.30. The summed E-state index contributed by atoms with van der Waals surface area (Å²) in [7, 11) is 0. The summed E-state index contributed by atoms with van der Waals surface area (Å²) >= 11 is 1.20. The van der Waals surface area contributed by atoms with Gasteiger partial charge in [-0.3, -0.25) is 19.7 Å². The summed E-state index contributed by atoms with van der Waals surface area (Å²) in [5, 5.41) is 13.8. The van der Waals surface area contributed by atoms with E-state index in [1.54, 1.807) is 19.1 Å². The van der Waals surface area contributed by atoms with E-state index in [9.17, 15) is 24.5 Å². The van der Waals surface area contributed by atoms with E-state index in [1.165, 1.54) is 23.5 Å². The van der Waals surface area contributed by atoms with Crippen molar-refractivity contribution in [3.05, 3.63) is 61.3 Å². The molecule has 0 aliphatic heterocycles. The molecule has 0 unspecified atom stereocenters. The molecule has 1 heterocycles. The quantitative estimate of drug-likeness (QED) is 0.317. The van der Waals surface area contributed by atoms with Crippen molar-refractivity contribution in [1.29, 1.82) is 0 Å². The van der Waals surface area contributed by atoms with Crippen molar-refractivity contribution in [2.45, 2.75) is 34.2 Å². The molecule has 1 aromatic carbocycles. The first-order valence-corrected chi connectivity index (χ1v) is 9.63. The maximum absolute atomic E-state index is 12.3. The van der Waals surface area contributed by atoms with Crippen molar-refractivity contribution in [2.75, 3.05) is 6.61 Å². The van der Waals surface area contributed by atoms with Crippen molar-refractivity contribution in [1.82, 2.24) is 5.32 Å². The van der Waals surface area contributed by atoms with E-state index in [2.05, 4.69) is 5.32 Å². The number of Topliss-reactive ketones (excluding diaryl/α,β-unsaturated/α-hetero) is 1. The number of aryl methyl sites for hydroxylation is 1. The molecule has 0 saturated heterocycles. The third-order valence-corrected chi connectivity index (χ3v) is 5.14. The molecule has 0 fully saturated rings. The summed E-state index contributed by atoms with van der Waals surface area (Å²) in [6.07, 6.45) is 0. The van der Waals surface area contributed by atoms with Gasteiger partial charge in [-0.05, 0) is 25.1 Å². The first-order valence-electron chi connectivity index (χ1n) is 8.81. The van der Waals surface area contributed by atoms with E-state index >= 15 is 0 Å². The van der Waals surface area contributed by atoms with Crippen molar-refractivity contribution < 1.29 is 24.0 Å². The largest absolute Gasteiger partial charge is 0.454 e. The fourth-order valence-corrected chi connectivity index (χ4v) is 3.15. The van der Waals surface area contributed by atoms with Crippen LogP contribution in [0.4, 0.5) is 5.69 Å². The average Bonchev–Trinajstić information content (AvgIpc) is 3.12. The molecule has 0 atom stereocenters. The topological polar surface area (TPSA) is 116 Å². The number of hydrogen-bond acceptors (Lipinski definition) is 7. The number of benzene rings is 1. The van der Waals surface area contributed by atoms with E-state index < -0.39 is 28.7 Å². The number of carbonyl (C=O) groups is 3. The van der Waals surface area contributed by atoms with Gasteiger partial charge in [0.05, 0.1) is 21.9 Å². The van der Waals surface area contributed by atoms with Crippen molar-refractivity contribution >= 4 is 34.7 Å². The Morgan fingerprint density at radius 1 is 1.17 bits per heavy atom. The van der Waals surface area contributed by atoms with Crippen LogP contribution >= 0.6 is 11.3 Å². The van der Waals surface area contributed by atoms with Crippen LogP contribution in [0.3, 0.4) is 0 Å². The molecule has 0 radical (unpaired) electrons. The molecule has 9 heteroatoms. The predicted molar refractivity (Wildman–Crippen MR) is 108 cm³/mol. The number of carbonyl (C=O) groups excluding carboxylic acids is 3. The Morgan fingerprint density at radius 3 is 2.48 bits per heavy atom. The second kappa shape index (κ2) is 8.95. The Balaban J connectivity index is 1.94. The molecule has 1 amide bonds. The molecule has 1 aromatic heterocycles. The summed E-state index contributed by atoms with van der Waals surface area (Å²) in [6.45, 7) is 6.82. The van der Waals surface area contributed by atoms with Gasteiger partial charge in [0.15, 0.2) is 6.61 Å². The highest BCUT2D eigenvalue weighted by Crippen LogP contribution is 2.21. The number of hydrogen-bond donors (Lipinski definition) is 1. The maximum atomic E-state index is 12.3. The zero-order chi connectivity index (χ0) is 21.8. The Bertz CT molecular complexity index is 958. The zero-order valence-electron chi connectivity index (χ0n) is 16.6. The van der Waals surface area contributed by atoms with Gasteiger partial charge in [0.2, 0.25) is 11.7 Å². The normalized spacial score (nSPS) is 11.0. The van der Waals surface area contributed by atoms with Gasteiger partial charge < -0.3 is 10.1 Å². The molecule has 2 rings (SSSR count). The fourth-order valence-electron chi connectivity index (χ4n) is 2.27. The predicted octanol–water partition coefficient (Wildman–Crippen LogP) is 3.67. The van der Waals surface area contributed by atoms with Crippen LogP contribution in [-0.2, 0) is 16.1 Å². The first-order chi connectivity index (χ1) is 13.5. The molecule has 0 aliphatic rings. The van der Waals surface area contributed by atoms with E-state index in [0.717, 1.165) is 10.9 Å². The van der Waals surface area contributed by atoms with Crippen LogP contribution in [0, 0.1) is 22.5 Å². The first kappa shape index (κ1) is 22.2. The smallest absolute Gasteiger partial charge is 0.338 e. The number of ketones is 1. The monoisotopic (exact) mass is 418 g/mol. The zero-order valence-corrected chi connectivity index (χ0v) is 17.4. The molecule has 154 valence electrons. The second-order valence-electron chi connectivity index (χ2n) is 7.46. The minimum Gasteiger partial charge on any atom is -0.454 e. The van der Waals surface area contributed by atoms with Crippen LogP contribution in [0.2, 0.25) is 0 Å². The Hall–Kier alpha value is -3.07. The third kappa shape index (κ3) is 5.95. The van der Waals surface area contributed by atoms with Gasteiger partial charge in [-0.1, -0.05) is 26.8 Å². The molecule has 29 heavy (non-hydrogen) atoms. The highest BCUT2D eigenvalue weighted by Gasteiger charge is 2.21. The molecule has 2 aromatic rings. The molecule has 8 nitrogen and oxygen atoms in total. The Morgan fingerprint density at radius 2 is 1.86 bits per heavy atom. The van der Waals surface area contributed by atoms with Gasteiger partial charge in [-0.15, -0.1) is 11.3 Å². The minimum absolute atomic E-state index is 0.00635. The standard InChI is InChI=1S/C20H22N2O6S/c1-12-5-6-13(9-15(12)22(26)27)18(24)28-11-16(23)17-8-7-14(29-17)10-21-19(25)20(2,3)4/h5-9H,10-11H2,1-4H3,(H,21,25). The Kier molecular flexibility index (Phi) is 6.86. The summed E-state index contributed by atoms with van der Waals surface area (Å²) < 4.78 is 5.00. The number of nitro benzene ring substituents is 1. The summed E-state index contributed by atoms with van der Waals surface area (Å²) in [6, 6.07) is 7.33. The van der Waals surface area contributed by atoms with Crippen LogP contribution in [0.15, 0.2) is 30.3 Å². The Labute approximate surface area is 172 Å². The molecule has 0 aliphatic carbocycles. The van der Waals surface area contributed by atoms with E-state index in [0.29, 0.717) is 17.0 Å². The van der Waals surface area contributed by atoms with E-state index in [4.69, 9.17) is 4.74 Å². The lowest BCUT2D eigenvalue weighted by Crippen LogP contribution is -2.34. The van der Waals surface area contributed by atoms with Gasteiger partial charge in [0.1, 0.15) is 0 Å². The molecular weight excluding hydrogens is 396 g/mol. The van der Waals surface area contributed by atoms with E-state index in [-0.39, 0.29) is 17.2 Å². The molecule has 0 saturated carbocycles. The molecule has 0 bridgehead atoms. The van der Waals surface area contributed by atoms with Crippen molar-refractivity contribution in [3.8, 4) is 0 Å². The number of esters is 1. The number of nitro groups is 1. The van der Waals surface area contributed by atoms with Crippen molar-refractivity contribution in [2.24, 2.45) is 5.41 Å². The van der Waals surface area contributed by atoms with Crippen LogP contribution in [-0.4, -0.2) is 29.2 Å². The SMILES string of the molecule is Cc1ccc(C(=O)OCC(=O)c2ccc(CNC(=O)C(C)(C)C)s2)cc1[N+](=O)[O-]. The van der Waals surface area contributed by atoms with Crippen LogP contribution < -0.4 is 5.32 Å². The minimum atomic E-state index is -0.810. The van der Waals surface area contributed by atoms with Crippen molar-refractivity contribution in [3.63, 3.8) is 0 Å². The third-order valence-electron chi connectivity index (χ3n) is 4.02. The van der Waals surface area contributed by atoms with Crippen LogP contribution in [0.1, 0.15) is 51.2 Å². The number of amides is 1.